The van der Waals surface area contributed by atoms with E-state index >= 15 is 0 Å². The van der Waals surface area contributed by atoms with Crippen LogP contribution < -0.4 is 10.6 Å². The molecule has 2 aromatic carbocycles. The number of aromatic amines is 1. The predicted molar refractivity (Wildman–Crippen MR) is 86.2 cm³/mol. The Bertz CT molecular complexity index is 744. The molecule has 0 spiro atoms. The molecule has 3 aromatic rings. The van der Waals surface area contributed by atoms with E-state index < -0.39 is 0 Å². The Morgan fingerprint density at radius 2 is 1.91 bits per heavy atom. The van der Waals surface area contributed by atoms with Crippen LogP contribution in [-0.4, -0.2) is 15.9 Å². The number of anilines is 1. The number of carbonyl (C=O) groups is 1. The molecule has 0 saturated heterocycles. The van der Waals surface area contributed by atoms with E-state index in [0.717, 1.165) is 35.6 Å². The molecule has 1 amide bonds. The normalized spacial score (nSPS) is 10.8. The number of quaternary nitrogens is 1. The van der Waals surface area contributed by atoms with Crippen molar-refractivity contribution in [2.24, 2.45) is 0 Å². The van der Waals surface area contributed by atoms with E-state index in [1.807, 2.05) is 48.5 Å². The highest BCUT2D eigenvalue weighted by Crippen LogP contribution is 2.10. The second-order valence-electron chi connectivity index (χ2n) is 5.28. The minimum atomic E-state index is -0.0517. The first kappa shape index (κ1) is 14.3. The quantitative estimate of drug-likeness (QED) is 0.671. The lowest BCUT2D eigenvalue weighted by Gasteiger charge is -2.04. The van der Waals surface area contributed by atoms with Gasteiger partial charge in [0.05, 0.1) is 11.0 Å². The molecule has 4 N–H and O–H groups in total. The first-order valence-corrected chi connectivity index (χ1v) is 7.32. The van der Waals surface area contributed by atoms with Crippen molar-refractivity contribution in [3.8, 4) is 0 Å². The Kier molecular flexibility index (Phi) is 4.16. The summed E-state index contributed by atoms with van der Waals surface area (Å²) in [4.78, 5) is 18.9. The van der Waals surface area contributed by atoms with Crippen LogP contribution >= 0.6 is 0 Å². The number of hydrogen-bond acceptors (Lipinski definition) is 2. The number of amides is 1. The van der Waals surface area contributed by atoms with Gasteiger partial charge in [-0.1, -0.05) is 24.3 Å². The third-order valence-corrected chi connectivity index (χ3v) is 3.43. The van der Waals surface area contributed by atoms with Crippen LogP contribution in [0.5, 0.6) is 0 Å². The van der Waals surface area contributed by atoms with Crippen molar-refractivity contribution in [1.29, 1.82) is 0 Å². The maximum atomic E-state index is 11.0. The van der Waals surface area contributed by atoms with Gasteiger partial charge in [0.2, 0.25) is 5.91 Å². The predicted octanol–water partition coefficient (Wildman–Crippen LogP) is 1.78. The van der Waals surface area contributed by atoms with Crippen molar-refractivity contribution in [3.05, 3.63) is 59.9 Å². The van der Waals surface area contributed by atoms with Crippen molar-refractivity contribution in [1.82, 2.24) is 9.97 Å². The monoisotopic (exact) mass is 295 g/mol. The molecule has 0 atom stereocenters. The highest BCUT2D eigenvalue weighted by Gasteiger charge is 2.04. The molecule has 0 aliphatic heterocycles. The number of para-hydroxylation sites is 2. The van der Waals surface area contributed by atoms with E-state index in [4.69, 9.17) is 0 Å². The highest BCUT2D eigenvalue weighted by molar-refractivity contribution is 5.88. The molecule has 1 aromatic heterocycles. The molecule has 0 saturated carbocycles. The van der Waals surface area contributed by atoms with Crippen molar-refractivity contribution in [2.75, 3.05) is 5.32 Å². The zero-order valence-corrected chi connectivity index (χ0v) is 12.5. The Morgan fingerprint density at radius 3 is 2.64 bits per heavy atom. The van der Waals surface area contributed by atoms with Crippen molar-refractivity contribution >= 4 is 22.6 Å². The molecule has 0 fully saturated rings. The number of nitrogens with two attached hydrogens (primary N) is 1. The van der Waals surface area contributed by atoms with Crippen LogP contribution in [0.4, 0.5) is 5.69 Å². The molecule has 5 heteroatoms. The van der Waals surface area contributed by atoms with Crippen molar-refractivity contribution < 1.29 is 10.1 Å². The largest absolute Gasteiger partial charge is 0.337 e. The van der Waals surface area contributed by atoms with Gasteiger partial charge in [-0.15, -0.1) is 0 Å². The fraction of sp³-hybridized carbons (Fsp3) is 0.176. The average molecular weight is 295 g/mol. The third-order valence-electron chi connectivity index (χ3n) is 3.43. The summed E-state index contributed by atoms with van der Waals surface area (Å²) >= 11 is 0. The fourth-order valence-corrected chi connectivity index (χ4v) is 2.41. The van der Waals surface area contributed by atoms with Gasteiger partial charge in [-0.2, -0.15) is 0 Å². The standard InChI is InChI=1S/C17H18N4O/c1-12(22)19-14-8-6-13(7-9-14)10-18-11-17-20-15-4-2-3-5-16(15)21-17/h2-9,18H,10-11H2,1H3,(H,19,22)(H,20,21)/p+1. The number of imidazole rings is 1. The van der Waals surface area contributed by atoms with Crippen molar-refractivity contribution in [2.45, 2.75) is 20.0 Å². The number of H-pyrrole nitrogens is 1. The van der Waals surface area contributed by atoms with Gasteiger partial charge in [-0.3, -0.25) is 4.79 Å². The molecule has 5 nitrogen and oxygen atoms in total. The zero-order valence-electron chi connectivity index (χ0n) is 12.5. The minimum absolute atomic E-state index is 0.0517. The smallest absolute Gasteiger partial charge is 0.221 e. The molecule has 112 valence electrons. The van der Waals surface area contributed by atoms with Gasteiger partial charge in [-0.05, 0) is 24.3 Å². The van der Waals surface area contributed by atoms with E-state index in [1.165, 1.54) is 12.5 Å². The zero-order chi connectivity index (χ0) is 15.4. The topological polar surface area (TPSA) is 74.4 Å². The van der Waals surface area contributed by atoms with Gasteiger partial charge in [0.15, 0.2) is 5.82 Å². The van der Waals surface area contributed by atoms with Gasteiger partial charge >= 0.3 is 0 Å². The lowest BCUT2D eigenvalue weighted by atomic mass is 10.2. The number of rotatable bonds is 5. The number of aromatic nitrogens is 2. The maximum Gasteiger partial charge on any atom is 0.221 e. The van der Waals surface area contributed by atoms with Gasteiger partial charge < -0.3 is 15.6 Å². The average Bonchev–Trinajstić information content (AvgIpc) is 2.91. The Morgan fingerprint density at radius 1 is 1.14 bits per heavy atom. The fourth-order valence-electron chi connectivity index (χ4n) is 2.41. The lowest BCUT2D eigenvalue weighted by Crippen LogP contribution is -2.80. The van der Waals surface area contributed by atoms with Crippen LogP contribution in [0.3, 0.4) is 0 Å². The SMILES string of the molecule is CC(=O)Nc1ccc(C[NH2+]Cc2nc3ccccc3[nH]2)cc1. The van der Waals surface area contributed by atoms with Crippen LogP contribution in [0.15, 0.2) is 48.5 Å². The second-order valence-corrected chi connectivity index (χ2v) is 5.28. The summed E-state index contributed by atoms with van der Waals surface area (Å²) in [5.74, 6) is 0.931. The van der Waals surface area contributed by atoms with Crippen molar-refractivity contribution in [3.63, 3.8) is 0 Å². The summed E-state index contributed by atoms with van der Waals surface area (Å²) in [7, 11) is 0. The van der Waals surface area contributed by atoms with E-state index in [-0.39, 0.29) is 5.91 Å². The summed E-state index contributed by atoms with van der Waals surface area (Å²) in [6, 6.07) is 15.9. The van der Waals surface area contributed by atoms with Gasteiger partial charge in [0, 0.05) is 18.2 Å². The van der Waals surface area contributed by atoms with Gasteiger partial charge in [0.25, 0.3) is 0 Å². The summed E-state index contributed by atoms with van der Waals surface area (Å²) in [6.45, 7) is 3.19. The van der Waals surface area contributed by atoms with E-state index in [0.29, 0.717) is 0 Å². The molecule has 1 heterocycles. The number of hydrogen-bond donors (Lipinski definition) is 3. The Hall–Kier alpha value is -2.66. The molecular formula is C17H19N4O+. The molecule has 0 radical (unpaired) electrons. The van der Waals surface area contributed by atoms with Crippen LogP contribution in [0.2, 0.25) is 0 Å². The summed E-state index contributed by atoms with van der Waals surface area (Å²) < 4.78 is 0. The summed E-state index contributed by atoms with van der Waals surface area (Å²) in [6.07, 6.45) is 0. The van der Waals surface area contributed by atoms with E-state index in [1.54, 1.807) is 0 Å². The van der Waals surface area contributed by atoms with Crippen LogP contribution in [0.25, 0.3) is 11.0 Å². The molecule has 22 heavy (non-hydrogen) atoms. The highest BCUT2D eigenvalue weighted by atomic mass is 16.1. The van der Waals surface area contributed by atoms with E-state index in [9.17, 15) is 4.79 Å². The first-order chi connectivity index (χ1) is 10.7. The second kappa shape index (κ2) is 6.41. The maximum absolute atomic E-state index is 11.0. The number of carbonyl (C=O) groups excluding carboxylic acids is 1. The molecular weight excluding hydrogens is 276 g/mol. The van der Waals surface area contributed by atoms with Crippen LogP contribution in [-0.2, 0) is 17.9 Å². The molecule has 0 aliphatic carbocycles. The van der Waals surface area contributed by atoms with E-state index in [2.05, 4.69) is 20.6 Å². The Labute approximate surface area is 128 Å². The number of nitrogens with one attached hydrogen (secondary N) is 2. The molecule has 3 rings (SSSR count). The summed E-state index contributed by atoms with van der Waals surface area (Å²) in [5.41, 5.74) is 4.12. The number of nitrogens with zero attached hydrogens (tertiary/aromatic N) is 1. The number of benzene rings is 2. The van der Waals surface area contributed by atoms with Crippen LogP contribution in [0, 0.1) is 0 Å². The Balaban J connectivity index is 1.55. The van der Waals surface area contributed by atoms with Crippen LogP contribution in [0.1, 0.15) is 18.3 Å². The molecule has 0 bridgehead atoms. The first-order valence-electron chi connectivity index (χ1n) is 7.32. The third kappa shape index (κ3) is 3.51. The summed E-state index contributed by atoms with van der Waals surface area (Å²) in [5, 5.41) is 4.96. The lowest BCUT2D eigenvalue weighted by molar-refractivity contribution is -0.687. The van der Waals surface area contributed by atoms with Gasteiger partial charge in [0.1, 0.15) is 13.1 Å². The molecule has 0 aliphatic rings. The molecule has 0 unspecified atom stereocenters. The minimum Gasteiger partial charge on any atom is -0.337 e. The number of fused-ring (bicyclic) bond motifs is 1. The van der Waals surface area contributed by atoms with Gasteiger partial charge in [-0.25, -0.2) is 4.98 Å².